The Hall–Kier alpha value is -0.860. The highest BCUT2D eigenvalue weighted by Crippen LogP contribution is 2.50. The van der Waals surface area contributed by atoms with Crippen LogP contribution in [0.15, 0.2) is 0 Å². The molecule has 0 radical (unpaired) electrons. The van der Waals surface area contributed by atoms with Crippen LogP contribution >= 0.6 is 0 Å². The fourth-order valence-corrected chi connectivity index (χ4v) is 2.33. The Bertz CT molecular complexity index is 241. The average Bonchev–Trinajstić information content (AvgIpc) is 2.60. The zero-order chi connectivity index (χ0) is 6.55. The topological polar surface area (TPSA) is 41.6 Å². The molecule has 10 heavy (non-hydrogen) atoms. The number of fused-ring (bicyclic) bond motifs is 5. The number of aromatic nitrogens is 3. The minimum absolute atomic E-state index is 0.749. The summed E-state index contributed by atoms with van der Waals surface area (Å²) in [6, 6.07) is 0. The first-order valence-corrected chi connectivity index (χ1v) is 3.85. The number of nitrogens with zero attached hydrogens (tertiary/aromatic N) is 2. The Labute approximate surface area is 58.8 Å². The molecular weight excluding hydrogens is 126 g/mol. The van der Waals surface area contributed by atoms with Gasteiger partial charge in [-0.15, -0.1) is 0 Å². The molecular formula is C7H9N3. The average molecular weight is 135 g/mol. The smallest absolute Gasteiger partial charge is 0.0890 e. The van der Waals surface area contributed by atoms with Gasteiger partial charge in [-0.3, -0.25) is 0 Å². The highest BCUT2D eigenvalue weighted by Gasteiger charge is 2.40. The zero-order valence-electron chi connectivity index (χ0n) is 5.67. The summed E-state index contributed by atoms with van der Waals surface area (Å²) in [5, 5.41) is 11.0. The molecule has 1 aromatic heterocycles. The summed E-state index contributed by atoms with van der Waals surface area (Å²) >= 11 is 0. The summed E-state index contributed by atoms with van der Waals surface area (Å²) in [5.74, 6) is 1.50. The normalized spacial score (nSPS) is 34.8. The van der Waals surface area contributed by atoms with Crippen LogP contribution in [0.2, 0.25) is 0 Å². The molecule has 1 N–H and O–H groups in total. The summed E-state index contributed by atoms with van der Waals surface area (Å²) in [6.45, 7) is 0. The highest BCUT2D eigenvalue weighted by atomic mass is 15.3. The molecule has 2 unspecified atom stereocenters. The number of rotatable bonds is 0. The van der Waals surface area contributed by atoms with Gasteiger partial charge in [0.2, 0.25) is 0 Å². The molecule has 1 saturated carbocycles. The van der Waals surface area contributed by atoms with E-state index in [-0.39, 0.29) is 0 Å². The van der Waals surface area contributed by atoms with Gasteiger partial charge in [-0.1, -0.05) is 0 Å². The quantitative estimate of drug-likeness (QED) is 0.580. The maximum atomic E-state index is 4.14. The number of H-pyrrole nitrogens is 1. The van der Waals surface area contributed by atoms with Gasteiger partial charge in [0, 0.05) is 11.8 Å². The number of nitrogens with one attached hydrogen (secondary N) is 1. The summed E-state index contributed by atoms with van der Waals surface area (Å²) in [4.78, 5) is 0. The molecule has 2 atom stereocenters. The molecule has 1 fully saturated rings. The summed E-state index contributed by atoms with van der Waals surface area (Å²) in [6.07, 6.45) is 3.99. The van der Waals surface area contributed by atoms with E-state index >= 15 is 0 Å². The van der Waals surface area contributed by atoms with Crippen molar-refractivity contribution in [3.63, 3.8) is 0 Å². The summed E-state index contributed by atoms with van der Waals surface area (Å²) in [7, 11) is 0. The lowest BCUT2D eigenvalue weighted by Gasteiger charge is -2.04. The molecule has 0 aliphatic heterocycles. The predicted molar refractivity (Wildman–Crippen MR) is 35.7 cm³/mol. The van der Waals surface area contributed by atoms with Crippen molar-refractivity contribution in [1.82, 2.24) is 15.4 Å². The second kappa shape index (κ2) is 1.41. The molecule has 1 aromatic rings. The van der Waals surface area contributed by atoms with Gasteiger partial charge in [0.15, 0.2) is 0 Å². The van der Waals surface area contributed by atoms with Crippen molar-refractivity contribution >= 4 is 0 Å². The standard InChI is InChI=1S/C7H9N3/c1-2-5-3-4(1)6-7(5)9-10-8-6/h4-5H,1-3H2,(H,8,9,10). The van der Waals surface area contributed by atoms with Crippen LogP contribution in [0, 0.1) is 0 Å². The molecule has 2 bridgehead atoms. The highest BCUT2D eigenvalue weighted by molar-refractivity contribution is 5.29. The third-order valence-electron chi connectivity index (χ3n) is 2.81. The van der Waals surface area contributed by atoms with Crippen molar-refractivity contribution in [1.29, 1.82) is 0 Å². The van der Waals surface area contributed by atoms with Gasteiger partial charge in [-0.2, -0.15) is 15.4 Å². The van der Waals surface area contributed by atoms with Crippen LogP contribution in [0.3, 0.4) is 0 Å². The first-order valence-electron chi connectivity index (χ1n) is 3.85. The van der Waals surface area contributed by atoms with Crippen LogP contribution in [-0.2, 0) is 0 Å². The van der Waals surface area contributed by atoms with Gasteiger partial charge in [0.25, 0.3) is 0 Å². The predicted octanol–water partition coefficient (Wildman–Crippen LogP) is 1.17. The van der Waals surface area contributed by atoms with Crippen molar-refractivity contribution in [2.75, 3.05) is 0 Å². The van der Waals surface area contributed by atoms with E-state index in [1.165, 1.54) is 30.7 Å². The van der Waals surface area contributed by atoms with Crippen molar-refractivity contribution in [3.8, 4) is 0 Å². The second-order valence-electron chi connectivity index (χ2n) is 3.30. The number of hydrogen-bond acceptors (Lipinski definition) is 2. The third kappa shape index (κ3) is 0.394. The maximum absolute atomic E-state index is 4.14. The summed E-state index contributed by atoms with van der Waals surface area (Å²) in [5.41, 5.74) is 2.52. The number of aromatic amines is 1. The molecule has 0 amide bonds. The molecule has 2 aliphatic carbocycles. The van der Waals surface area contributed by atoms with Crippen molar-refractivity contribution in [2.45, 2.75) is 31.1 Å². The molecule has 52 valence electrons. The zero-order valence-corrected chi connectivity index (χ0v) is 5.67. The van der Waals surface area contributed by atoms with Gasteiger partial charge >= 0.3 is 0 Å². The Morgan fingerprint density at radius 3 is 2.30 bits per heavy atom. The monoisotopic (exact) mass is 135 g/mol. The van der Waals surface area contributed by atoms with Crippen LogP contribution in [0.5, 0.6) is 0 Å². The lowest BCUT2D eigenvalue weighted by atomic mass is 10.0. The van der Waals surface area contributed by atoms with E-state index < -0.39 is 0 Å². The minimum Gasteiger partial charge on any atom is -0.197 e. The fourth-order valence-electron chi connectivity index (χ4n) is 2.33. The van der Waals surface area contributed by atoms with Crippen molar-refractivity contribution in [3.05, 3.63) is 11.4 Å². The number of hydrogen-bond donors (Lipinski definition) is 1. The molecule has 0 aromatic carbocycles. The van der Waals surface area contributed by atoms with Crippen molar-refractivity contribution in [2.24, 2.45) is 0 Å². The van der Waals surface area contributed by atoms with Gasteiger partial charge in [0.05, 0.1) is 11.4 Å². The Morgan fingerprint density at radius 1 is 1.10 bits per heavy atom. The van der Waals surface area contributed by atoms with Crippen LogP contribution < -0.4 is 0 Å². The first-order chi connectivity index (χ1) is 4.95. The van der Waals surface area contributed by atoms with Crippen LogP contribution in [0.4, 0.5) is 0 Å². The first kappa shape index (κ1) is 4.88. The van der Waals surface area contributed by atoms with E-state index in [2.05, 4.69) is 15.4 Å². The van der Waals surface area contributed by atoms with E-state index in [4.69, 9.17) is 0 Å². The molecule has 1 heterocycles. The van der Waals surface area contributed by atoms with Gasteiger partial charge in [-0.25, -0.2) is 0 Å². The SMILES string of the molecule is C1CC2CC1c1n[nH]nc12. The third-order valence-corrected chi connectivity index (χ3v) is 2.81. The molecule has 3 rings (SSSR count). The molecule has 3 nitrogen and oxygen atoms in total. The van der Waals surface area contributed by atoms with E-state index in [0.717, 1.165) is 11.8 Å². The molecule has 3 heteroatoms. The Balaban J connectivity index is 2.25. The van der Waals surface area contributed by atoms with Gasteiger partial charge in [0.1, 0.15) is 0 Å². The minimum atomic E-state index is 0.749. The maximum Gasteiger partial charge on any atom is 0.0890 e. The van der Waals surface area contributed by atoms with E-state index in [9.17, 15) is 0 Å². The fraction of sp³-hybridized carbons (Fsp3) is 0.714. The largest absolute Gasteiger partial charge is 0.197 e. The van der Waals surface area contributed by atoms with Crippen LogP contribution in [-0.4, -0.2) is 15.4 Å². The molecule has 0 saturated heterocycles. The molecule has 0 spiro atoms. The van der Waals surface area contributed by atoms with E-state index in [0.29, 0.717) is 0 Å². The second-order valence-corrected chi connectivity index (χ2v) is 3.30. The van der Waals surface area contributed by atoms with E-state index in [1.807, 2.05) is 0 Å². The van der Waals surface area contributed by atoms with Gasteiger partial charge in [-0.05, 0) is 19.3 Å². The Morgan fingerprint density at radius 2 is 1.70 bits per heavy atom. The lowest BCUT2D eigenvalue weighted by Crippen LogP contribution is -1.95. The lowest BCUT2D eigenvalue weighted by molar-refractivity contribution is 0.698. The van der Waals surface area contributed by atoms with E-state index in [1.54, 1.807) is 0 Å². The van der Waals surface area contributed by atoms with Crippen molar-refractivity contribution < 1.29 is 0 Å². The van der Waals surface area contributed by atoms with Crippen LogP contribution in [0.25, 0.3) is 0 Å². The Kier molecular flexibility index (Phi) is 0.689. The van der Waals surface area contributed by atoms with Crippen LogP contribution in [0.1, 0.15) is 42.5 Å². The summed E-state index contributed by atoms with van der Waals surface area (Å²) < 4.78 is 0. The van der Waals surface area contributed by atoms with Gasteiger partial charge < -0.3 is 0 Å². The molecule has 2 aliphatic rings.